The van der Waals surface area contributed by atoms with E-state index in [0.29, 0.717) is 12.0 Å². The van der Waals surface area contributed by atoms with Gasteiger partial charge in [0.2, 0.25) is 0 Å². The third-order valence-electron chi connectivity index (χ3n) is 5.17. The summed E-state index contributed by atoms with van der Waals surface area (Å²) >= 11 is 0. The molecule has 2 nitrogen and oxygen atoms in total. The van der Waals surface area contributed by atoms with E-state index >= 15 is 0 Å². The van der Waals surface area contributed by atoms with E-state index in [0.717, 1.165) is 18.3 Å². The molecule has 0 N–H and O–H groups in total. The first kappa shape index (κ1) is 14.7. The molecule has 17 heavy (non-hydrogen) atoms. The summed E-state index contributed by atoms with van der Waals surface area (Å²) in [7, 11) is 0. The van der Waals surface area contributed by atoms with Crippen LogP contribution in [0.5, 0.6) is 0 Å². The Labute approximate surface area is 107 Å². The van der Waals surface area contributed by atoms with Crippen LogP contribution in [0.1, 0.15) is 72.1 Å². The molecular formula is C15H29NO. The van der Waals surface area contributed by atoms with Crippen LogP contribution in [0.4, 0.5) is 0 Å². The topological polar surface area (TPSA) is 29.4 Å². The van der Waals surface area contributed by atoms with Gasteiger partial charge in [-0.05, 0) is 42.9 Å². The second-order valence-corrected chi connectivity index (χ2v) is 6.04. The number of nitrogens with zero attached hydrogens (tertiary/aromatic N) is 1. The maximum atomic E-state index is 10.1. The van der Waals surface area contributed by atoms with Crippen LogP contribution in [-0.4, -0.2) is 6.54 Å². The van der Waals surface area contributed by atoms with Gasteiger partial charge in [0.05, 0.1) is 6.54 Å². The van der Waals surface area contributed by atoms with Crippen LogP contribution in [0, 0.1) is 22.2 Å². The third-order valence-corrected chi connectivity index (χ3v) is 5.17. The van der Waals surface area contributed by atoms with E-state index in [9.17, 15) is 4.91 Å². The van der Waals surface area contributed by atoms with Crippen LogP contribution in [0.2, 0.25) is 0 Å². The normalized spacial score (nSPS) is 28.6. The molecular weight excluding hydrogens is 210 g/mol. The van der Waals surface area contributed by atoms with Crippen molar-refractivity contribution < 1.29 is 0 Å². The Morgan fingerprint density at radius 1 is 1.29 bits per heavy atom. The van der Waals surface area contributed by atoms with Crippen LogP contribution in [0.25, 0.3) is 0 Å². The Kier molecular flexibility index (Phi) is 6.15. The smallest absolute Gasteiger partial charge is 0.0811 e. The highest BCUT2D eigenvalue weighted by molar-refractivity contribution is 4.85. The largest absolute Gasteiger partial charge is 0.151 e. The minimum absolute atomic E-state index is 0.510. The van der Waals surface area contributed by atoms with Gasteiger partial charge in [0.15, 0.2) is 0 Å². The zero-order chi connectivity index (χ0) is 12.7. The average molecular weight is 239 g/mol. The van der Waals surface area contributed by atoms with E-state index in [1.807, 2.05) is 0 Å². The lowest BCUT2D eigenvalue weighted by molar-refractivity contribution is 0.180. The number of hydrogen-bond acceptors (Lipinski definition) is 2. The van der Waals surface area contributed by atoms with Gasteiger partial charge >= 0.3 is 0 Å². The summed E-state index contributed by atoms with van der Waals surface area (Å²) in [5.41, 5.74) is 0.608. The van der Waals surface area contributed by atoms with E-state index in [4.69, 9.17) is 0 Å². The fourth-order valence-corrected chi connectivity index (χ4v) is 3.71. The van der Waals surface area contributed by atoms with E-state index < -0.39 is 0 Å². The van der Waals surface area contributed by atoms with Crippen molar-refractivity contribution in [2.24, 2.45) is 22.4 Å². The molecule has 0 radical (unpaired) electrons. The van der Waals surface area contributed by atoms with Gasteiger partial charge in [0, 0.05) is 0 Å². The van der Waals surface area contributed by atoms with E-state index in [2.05, 4.69) is 25.9 Å². The van der Waals surface area contributed by atoms with Gasteiger partial charge in [-0.15, -0.1) is 0 Å². The Morgan fingerprint density at radius 3 is 2.59 bits per heavy atom. The zero-order valence-electron chi connectivity index (χ0n) is 11.9. The minimum Gasteiger partial charge on any atom is -0.151 e. The van der Waals surface area contributed by atoms with Crippen molar-refractivity contribution in [3.63, 3.8) is 0 Å². The van der Waals surface area contributed by atoms with Crippen LogP contribution >= 0.6 is 0 Å². The van der Waals surface area contributed by atoms with Crippen molar-refractivity contribution in [1.82, 2.24) is 0 Å². The molecule has 0 bridgehead atoms. The molecule has 2 unspecified atom stereocenters. The fraction of sp³-hybridized carbons (Fsp3) is 1.00. The quantitative estimate of drug-likeness (QED) is 0.357. The van der Waals surface area contributed by atoms with Gasteiger partial charge in [-0.25, -0.2) is 0 Å². The molecule has 0 heterocycles. The molecule has 1 aliphatic carbocycles. The number of hydrogen-bond donors (Lipinski definition) is 0. The predicted molar refractivity (Wildman–Crippen MR) is 74.0 cm³/mol. The van der Waals surface area contributed by atoms with Crippen LogP contribution < -0.4 is 0 Å². The molecule has 0 amide bonds. The fourth-order valence-electron chi connectivity index (χ4n) is 3.71. The summed E-state index contributed by atoms with van der Waals surface area (Å²) in [5.74, 6) is 1.65. The van der Waals surface area contributed by atoms with Gasteiger partial charge < -0.3 is 0 Å². The van der Waals surface area contributed by atoms with Crippen molar-refractivity contribution >= 4 is 0 Å². The molecule has 1 aliphatic rings. The van der Waals surface area contributed by atoms with Crippen molar-refractivity contribution in [2.75, 3.05) is 6.54 Å². The van der Waals surface area contributed by atoms with Crippen molar-refractivity contribution in [3.05, 3.63) is 4.91 Å². The maximum absolute atomic E-state index is 10.1. The van der Waals surface area contributed by atoms with Crippen LogP contribution in [0.3, 0.4) is 0 Å². The molecule has 0 spiro atoms. The summed E-state index contributed by atoms with van der Waals surface area (Å²) in [6, 6.07) is 0. The van der Waals surface area contributed by atoms with E-state index in [1.165, 1.54) is 44.9 Å². The molecule has 0 aromatic rings. The lowest BCUT2D eigenvalue weighted by Gasteiger charge is -2.33. The highest BCUT2D eigenvalue weighted by Crippen LogP contribution is 2.45. The Hall–Kier alpha value is -0.400. The summed E-state index contributed by atoms with van der Waals surface area (Å²) < 4.78 is 0. The number of nitroso groups, excluding NO2 is 1. The molecule has 0 aromatic heterocycles. The standard InChI is InChI=1S/C15H29NO/c1-4-15(5-2)10-6-8-14(13(3)12-15)9-7-11-16-17/h13-14H,4-12H2,1-3H3. The number of rotatable bonds is 6. The van der Waals surface area contributed by atoms with Gasteiger partial charge in [0.1, 0.15) is 0 Å². The second kappa shape index (κ2) is 7.13. The lowest BCUT2D eigenvalue weighted by atomic mass is 9.72. The van der Waals surface area contributed by atoms with Gasteiger partial charge in [-0.1, -0.05) is 51.6 Å². The first-order valence-corrected chi connectivity index (χ1v) is 7.46. The zero-order valence-corrected chi connectivity index (χ0v) is 11.9. The molecule has 0 aliphatic heterocycles. The third kappa shape index (κ3) is 4.08. The molecule has 1 rings (SSSR count). The molecule has 2 atom stereocenters. The lowest BCUT2D eigenvalue weighted by Crippen LogP contribution is -2.22. The van der Waals surface area contributed by atoms with Crippen molar-refractivity contribution in [2.45, 2.75) is 72.1 Å². The average Bonchev–Trinajstić information content (AvgIpc) is 2.50. The Balaban J connectivity index is 2.52. The first-order chi connectivity index (χ1) is 8.17. The summed E-state index contributed by atoms with van der Waals surface area (Å²) in [5, 5.41) is 2.98. The van der Waals surface area contributed by atoms with Gasteiger partial charge in [-0.2, -0.15) is 4.91 Å². The summed E-state index contributed by atoms with van der Waals surface area (Å²) in [6.07, 6.45) is 10.4. The van der Waals surface area contributed by atoms with Crippen molar-refractivity contribution in [1.29, 1.82) is 0 Å². The second-order valence-electron chi connectivity index (χ2n) is 6.04. The summed E-state index contributed by atoms with van der Waals surface area (Å²) in [6.45, 7) is 7.64. The maximum Gasteiger partial charge on any atom is 0.0811 e. The molecule has 100 valence electrons. The molecule has 0 saturated heterocycles. The van der Waals surface area contributed by atoms with Crippen molar-refractivity contribution in [3.8, 4) is 0 Å². The summed E-state index contributed by atoms with van der Waals surface area (Å²) in [4.78, 5) is 10.1. The van der Waals surface area contributed by atoms with E-state index in [1.54, 1.807) is 0 Å². The molecule has 0 aromatic carbocycles. The van der Waals surface area contributed by atoms with Crippen LogP contribution in [0.15, 0.2) is 5.18 Å². The minimum atomic E-state index is 0.510. The monoisotopic (exact) mass is 239 g/mol. The van der Waals surface area contributed by atoms with E-state index in [-0.39, 0.29) is 0 Å². The van der Waals surface area contributed by atoms with Gasteiger partial charge in [-0.3, -0.25) is 0 Å². The highest BCUT2D eigenvalue weighted by Gasteiger charge is 2.33. The highest BCUT2D eigenvalue weighted by atomic mass is 16.3. The molecule has 1 saturated carbocycles. The predicted octanol–water partition coefficient (Wildman–Crippen LogP) is 5.17. The SMILES string of the molecule is CCC1(CC)CCCC(CCCN=O)C(C)C1. The molecule has 1 fully saturated rings. The van der Waals surface area contributed by atoms with Gasteiger partial charge in [0.25, 0.3) is 0 Å². The molecule has 2 heteroatoms. The van der Waals surface area contributed by atoms with Crippen LogP contribution in [-0.2, 0) is 0 Å². The Bertz CT molecular complexity index is 223. The first-order valence-electron chi connectivity index (χ1n) is 7.46. The Morgan fingerprint density at radius 2 is 2.00 bits per heavy atom.